The predicted molar refractivity (Wildman–Crippen MR) is 70.1 cm³/mol. The summed E-state index contributed by atoms with van der Waals surface area (Å²) < 4.78 is 2.05. The molecule has 1 aromatic rings. The highest BCUT2D eigenvalue weighted by Gasteiger charge is 2.07. The van der Waals surface area contributed by atoms with Gasteiger partial charge in [0.1, 0.15) is 0 Å². The van der Waals surface area contributed by atoms with Crippen molar-refractivity contribution < 1.29 is 0 Å². The van der Waals surface area contributed by atoms with Crippen LogP contribution >= 0.6 is 11.6 Å². The summed E-state index contributed by atoms with van der Waals surface area (Å²) >= 11 is 6.19. The molecule has 2 unspecified atom stereocenters. The minimum Gasteiger partial charge on any atom is -0.270 e. The van der Waals surface area contributed by atoms with Gasteiger partial charge in [-0.15, -0.1) is 11.6 Å². The molecule has 0 aliphatic carbocycles. The van der Waals surface area contributed by atoms with Crippen LogP contribution in [0.1, 0.15) is 58.2 Å². The molecule has 0 aliphatic heterocycles. The lowest BCUT2D eigenvalue weighted by atomic mass is 10.1. The molecule has 0 N–H and O–H groups in total. The van der Waals surface area contributed by atoms with Crippen molar-refractivity contribution in [2.75, 3.05) is 0 Å². The van der Waals surface area contributed by atoms with E-state index in [2.05, 4.69) is 42.8 Å². The Labute approximate surface area is 104 Å². The summed E-state index contributed by atoms with van der Waals surface area (Å²) in [7, 11) is 0. The first kappa shape index (κ1) is 13.6. The van der Waals surface area contributed by atoms with Gasteiger partial charge in [-0.05, 0) is 38.7 Å². The van der Waals surface area contributed by atoms with E-state index in [1.54, 1.807) is 0 Å². The van der Waals surface area contributed by atoms with Crippen LogP contribution in [0.3, 0.4) is 0 Å². The maximum atomic E-state index is 6.19. The number of hydrogen-bond donors (Lipinski definition) is 0. The van der Waals surface area contributed by atoms with Gasteiger partial charge in [0.25, 0.3) is 0 Å². The second-order valence-corrected chi connectivity index (χ2v) is 5.09. The average Bonchev–Trinajstić information content (AvgIpc) is 2.74. The first-order valence-corrected chi connectivity index (χ1v) is 6.79. The van der Waals surface area contributed by atoms with E-state index >= 15 is 0 Å². The molecular formula is C13H23ClN2. The second kappa shape index (κ2) is 6.95. The summed E-state index contributed by atoms with van der Waals surface area (Å²) in [5.74, 6) is 0. The topological polar surface area (TPSA) is 17.8 Å². The third-order valence-electron chi connectivity index (χ3n) is 3.02. The minimum absolute atomic E-state index is 0.304. The molecule has 0 aliphatic rings. The summed E-state index contributed by atoms with van der Waals surface area (Å²) in [6, 6.07) is 2.61. The van der Waals surface area contributed by atoms with Gasteiger partial charge >= 0.3 is 0 Å². The number of alkyl halides is 1. The van der Waals surface area contributed by atoms with Gasteiger partial charge in [0, 0.05) is 17.6 Å². The van der Waals surface area contributed by atoms with Crippen LogP contribution in [0.4, 0.5) is 0 Å². The van der Waals surface area contributed by atoms with Crippen LogP contribution < -0.4 is 0 Å². The van der Waals surface area contributed by atoms with Crippen LogP contribution in [0.15, 0.2) is 12.3 Å². The Morgan fingerprint density at radius 3 is 2.75 bits per heavy atom. The van der Waals surface area contributed by atoms with E-state index < -0.39 is 0 Å². The standard InChI is InChI=1S/C13H23ClN2/c1-4-6-12(14)7-8-13-9-10-16(15-13)11(3)5-2/h9-12H,4-8H2,1-3H3. The summed E-state index contributed by atoms with van der Waals surface area (Å²) in [6.07, 6.45) is 7.50. The maximum absolute atomic E-state index is 6.19. The van der Waals surface area contributed by atoms with Gasteiger partial charge in [-0.3, -0.25) is 4.68 Å². The van der Waals surface area contributed by atoms with E-state index in [4.69, 9.17) is 11.6 Å². The van der Waals surface area contributed by atoms with Crippen molar-refractivity contribution >= 4 is 11.6 Å². The molecule has 1 aromatic heterocycles. The molecule has 0 aromatic carbocycles. The van der Waals surface area contributed by atoms with Crippen molar-refractivity contribution in [3.8, 4) is 0 Å². The lowest BCUT2D eigenvalue weighted by Crippen LogP contribution is -2.06. The Morgan fingerprint density at radius 2 is 2.12 bits per heavy atom. The number of aromatic nitrogens is 2. The lowest BCUT2D eigenvalue weighted by molar-refractivity contribution is 0.472. The Kier molecular flexibility index (Phi) is 5.89. The highest BCUT2D eigenvalue weighted by Crippen LogP contribution is 2.14. The van der Waals surface area contributed by atoms with E-state index in [0.717, 1.165) is 32.1 Å². The SMILES string of the molecule is CCCC(Cl)CCc1ccn(C(C)CC)n1. The van der Waals surface area contributed by atoms with Crippen molar-refractivity contribution in [2.45, 2.75) is 64.3 Å². The fourth-order valence-electron chi connectivity index (χ4n) is 1.71. The molecule has 0 saturated carbocycles. The molecule has 0 spiro atoms. The van der Waals surface area contributed by atoms with E-state index in [1.165, 1.54) is 5.69 Å². The van der Waals surface area contributed by atoms with Crippen molar-refractivity contribution in [1.82, 2.24) is 9.78 Å². The highest BCUT2D eigenvalue weighted by molar-refractivity contribution is 6.20. The van der Waals surface area contributed by atoms with Gasteiger partial charge in [-0.25, -0.2) is 0 Å². The zero-order valence-corrected chi connectivity index (χ0v) is 11.4. The molecule has 92 valence electrons. The van der Waals surface area contributed by atoms with Gasteiger partial charge in [0.15, 0.2) is 0 Å². The monoisotopic (exact) mass is 242 g/mol. The Balaban J connectivity index is 2.40. The molecule has 0 amide bonds. The molecule has 1 rings (SSSR count). The third kappa shape index (κ3) is 4.17. The van der Waals surface area contributed by atoms with Gasteiger partial charge in [0.2, 0.25) is 0 Å². The fourth-order valence-corrected chi connectivity index (χ4v) is 2.03. The van der Waals surface area contributed by atoms with Crippen LogP contribution in [0, 0.1) is 0 Å². The summed E-state index contributed by atoms with van der Waals surface area (Å²) in [6.45, 7) is 6.55. The molecule has 2 nitrogen and oxygen atoms in total. The molecule has 1 heterocycles. The quantitative estimate of drug-likeness (QED) is 0.656. The molecule has 16 heavy (non-hydrogen) atoms. The minimum atomic E-state index is 0.304. The normalized spacial score (nSPS) is 15.0. The van der Waals surface area contributed by atoms with Gasteiger partial charge in [-0.2, -0.15) is 5.10 Å². The zero-order chi connectivity index (χ0) is 12.0. The van der Waals surface area contributed by atoms with E-state index in [9.17, 15) is 0 Å². The second-order valence-electron chi connectivity index (χ2n) is 4.47. The lowest BCUT2D eigenvalue weighted by Gasteiger charge is -2.08. The summed E-state index contributed by atoms with van der Waals surface area (Å²) in [4.78, 5) is 0. The number of nitrogens with zero attached hydrogens (tertiary/aromatic N) is 2. The Hall–Kier alpha value is -0.500. The molecule has 3 heteroatoms. The van der Waals surface area contributed by atoms with Crippen LogP contribution in [-0.4, -0.2) is 15.2 Å². The number of halogens is 1. The third-order valence-corrected chi connectivity index (χ3v) is 3.46. The van der Waals surface area contributed by atoms with Crippen molar-refractivity contribution in [3.63, 3.8) is 0 Å². The van der Waals surface area contributed by atoms with Crippen molar-refractivity contribution in [1.29, 1.82) is 0 Å². The smallest absolute Gasteiger partial charge is 0.0625 e. The number of aryl methyl sites for hydroxylation is 1. The van der Waals surface area contributed by atoms with E-state index in [1.807, 2.05) is 0 Å². The number of hydrogen-bond acceptors (Lipinski definition) is 1. The van der Waals surface area contributed by atoms with Crippen molar-refractivity contribution in [2.24, 2.45) is 0 Å². The van der Waals surface area contributed by atoms with Crippen LogP contribution in [-0.2, 0) is 6.42 Å². The number of rotatable bonds is 7. The highest BCUT2D eigenvalue weighted by atomic mass is 35.5. The van der Waals surface area contributed by atoms with E-state index in [-0.39, 0.29) is 0 Å². The summed E-state index contributed by atoms with van der Waals surface area (Å²) in [5.41, 5.74) is 1.17. The molecule has 0 saturated heterocycles. The van der Waals surface area contributed by atoms with Crippen LogP contribution in [0.2, 0.25) is 0 Å². The molecule has 2 atom stereocenters. The Morgan fingerprint density at radius 1 is 1.38 bits per heavy atom. The van der Waals surface area contributed by atoms with Crippen LogP contribution in [0.5, 0.6) is 0 Å². The Bertz CT molecular complexity index is 296. The van der Waals surface area contributed by atoms with Gasteiger partial charge < -0.3 is 0 Å². The first-order chi connectivity index (χ1) is 7.67. The van der Waals surface area contributed by atoms with Crippen LogP contribution in [0.25, 0.3) is 0 Å². The fraction of sp³-hybridized carbons (Fsp3) is 0.769. The average molecular weight is 243 g/mol. The molecule has 0 radical (unpaired) electrons. The van der Waals surface area contributed by atoms with Crippen molar-refractivity contribution in [3.05, 3.63) is 18.0 Å². The van der Waals surface area contributed by atoms with Gasteiger partial charge in [-0.1, -0.05) is 20.3 Å². The zero-order valence-electron chi connectivity index (χ0n) is 10.6. The van der Waals surface area contributed by atoms with E-state index in [0.29, 0.717) is 11.4 Å². The molecule has 0 bridgehead atoms. The predicted octanol–water partition coefficient (Wildman–Crippen LogP) is 4.19. The van der Waals surface area contributed by atoms with Gasteiger partial charge in [0.05, 0.1) is 5.69 Å². The molecule has 0 fully saturated rings. The maximum Gasteiger partial charge on any atom is 0.0625 e. The summed E-state index contributed by atoms with van der Waals surface area (Å²) in [5, 5.41) is 4.88. The largest absolute Gasteiger partial charge is 0.270 e. The first-order valence-electron chi connectivity index (χ1n) is 6.35. The molecular weight excluding hydrogens is 220 g/mol.